The Kier molecular flexibility index (Phi) is 5.41. The third-order valence-electron chi connectivity index (χ3n) is 4.98. The van der Waals surface area contributed by atoms with Crippen molar-refractivity contribution in [3.63, 3.8) is 0 Å². The quantitative estimate of drug-likeness (QED) is 0.737. The van der Waals surface area contributed by atoms with Crippen molar-refractivity contribution in [1.82, 2.24) is 9.21 Å². The van der Waals surface area contributed by atoms with Gasteiger partial charge in [0.25, 0.3) is 0 Å². The van der Waals surface area contributed by atoms with E-state index >= 15 is 0 Å². The zero-order valence-corrected chi connectivity index (χ0v) is 16.0. The number of hydrogen-bond donors (Lipinski definition) is 0. The fourth-order valence-corrected chi connectivity index (χ4v) is 4.30. The second-order valence-corrected chi connectivity index (χ2v) is 8.92. The van der Waals surface area contributed by atoms with Crippen LogP contribution in [0.4, 0.5) is 18.9 Å². The predicted octanol–water partition coefficient (Wildman–Crippen LogP) is 1.16. The van der Waals surface area contributed by atoms with Crippen molar-refractivity contribution in [3.05, 3.63) is 29.8 Å². The van der Waals surface area contributed by atoms with Crippen molar-refractivity contribution in [3.8, 4) is 0 Å². The highest BCUT2D eigenvalue weighted by Crippen LogP contribution is 2.33. The molecule has 2 aliphatic rings. The zero-order chi connectivity index (χ0) is 20.7. The number of piperazine rings is 1. The van der Waals surface area contributed by atoms with Crippen molar-refractivity contribution in [2.75, 3.05) is 43.9 Å². The van der Waals surface area contributed by atoms with Crippen LogP contribution in [0.3, 0.4) is 0 Å². The molecule has 1 aromatic carbocycles. The molecule has 1 aromatic rings. The maximum atomic E-state index is 12.9. The average molecular weight is 419 g/mol. The first-order chi connectivity index (χ1) is 13.0. The van der Waals surface area contributed by atoms with E-state index in [0.29, 0.717) is 0 Å². The highest BCUT2D eigenvalue weighted by atomic mass is 32.2. The third-order valence-corrected chi connectivity index (χ3v) is 6.28. The first kappa shape index (κ1) is 20.6. The number of amides is 2. The summed E-state index contributed by atoms with van der Waals surface area (Å²) in [5, 5.41) is 0. The lowest BCUT2D eigenvalue weighted by Crippen LogP contribution is -2.51. The minimum absolute atomic E-state index is 0.00523. The van der Waals surface area contributed by atoms with Crippen LogP contribution >= 0.6 is 0 Å². The second-order valence-electron chi connectivity index (χ2n) is 6.94. The Bertz CT molecular complexity index is 880. The summed E-state index contributed by atoms with van der Waals surface area (Å²) in [6.45, 7) is 0.816. The number of carbonyl (C=O) groups is 2. The number of nitrogens with zero attached hydrogens (tertiary/aromatic N) is 3. The lowest BCUT2D eigenvalue weighted by Gasteiger charge is -2.34. The number of anilines is 1. The standard InChI is InChI=1S/C17H20F3N3O4S/c1-28(26,27)22-7-5-21(6-8-22)16(25)12-9-15(24)23(11-12)14-4-2-3-13(10-14)17(18,19)20/h2-4,10,12H,5-9,11H2,1H3/t12-/m0/s1. The van der Waals surface area contributed by atoms with Gasteiger partial charge >= 0.3 is 6.18 Å². The van der Waals surface area contributed by atoms with Crippen molar-refractivity contribution in [2.45, 2.75) is 12.6 Å². The molecule has 0 aliphatic carbocycles. The first-order valence-electron chi connectivity index (χ1n) is 8.68. The van der Waals surface area contributed by atoms with Crippen LogP contribution in [0.15, 0.2) is 24.3 Å². The number of benzene rings is 1. The molecule has 7 nitrogen and oxygen atoms in total. The van der Waals surface area contributed by atoms with E-state index in [9.17, 15) is 31.2 Å². The number of carbonyl (C=O) groups excluding carboxylic acids is 2. The van der Waals surface area contributed by atoms with Gasteiger partial charge in [0, 0.05) is 44.8 Å². The maximum absolute atomic E-state index is 12.9. The van der Waals surface area contributed by atoms with E-state index in [1.54, 1.807) is 0 Å². The predicted molar refractivity (Wildman–Crippen MR) is 94.9 cm³/mol. The Morgan fingerprint density at radius 2 is 1.79 bits per heavy atom. The van der Waals surface area contributed by atoms with Crippen LogP contribution in [0.5, 0.6) is 0 Å². The van der Waals surface area contributed by atoms with E-state index in [2.05, 4.69) is 0 Å². The van der Waals surface area contributed by atoms with E-state index in [1.165, 1.54) is 26.2 Å². The monoisotopic (exact) mass is 419 g/mol. The number of halogens is 3. The van der Waals surface area contributed by atoms with Gasteiger partial charge in [-0.25, -0.2) is 8.42 Å². The lowest BCUT2D eigenvalue weighted by molar-refractivity contribution is -0.138. The summed E-state index contributed by atoms with van der Waals surface area (Å²) in [7, 11) is -3.32. The molecule has 0 N–H and O–H groups in total. The first-order valence-corrected chi connectivity index (χ1v) is 10.5. The molecule has 0 aromatic heterocycles. The van der Waals surface area contributed by atoms with Gasteiger partial charge in [0.15, 0.2) is 0 Å². The molecular formula is C17H20F3N3O4S. The molecule has 2 heterocycles. The van der Waals surface area contributed by atoms with E-state index in [1.807, 2.05) is 0 Å². The molecule has 0 saturated carbocycles. The molecule has 2 aliphatic heterocycles. The Morgan fingerprint density at radius 3 is 2.36 bits per heavy atom. The molecule has 0 spiro atoms. The summed E-state index contributed by atoms with van der Waals surface area (Å²) in [4.78, 5) is 27.7. The second kappa shape index (κ2) is 7.36. The normalized spacial score (nSPS) is 22.0. The highest BCUT2D eigenvalue weighted by molar-refractivity contribution is 7.88. The molecule has 2 saturated heterocycles. The summed E-state index contributed by atoms with van der Waals surface area (Å²) in [6.07, 6.45) is -3.50. The van der Waals surface area contributed by atoms with Crippen molar-refractivity contribution in [1.29, 1.82) is 0 Å². The summed E-state index contributed by atoms with van der Waals surface area (Å²) in [6, 6.07) is 4.46. The minimum atomic E-state index is -4.52. The van der Waals surface area contributed by atoms with Gasteiger partial charge in [0.05, 0.1) is 17.7 Å². The van der Waals surface area contributed by atoms with E-state index in [0.717, 1.165) is 18.4 Å². The van der Waals surface area contributed by atoms with Gasteiger partial charge < -0.3 is 9.80 Å². The molecule has 3 rings (SSSR count). The van der Waals surface area contributed by atoms with Gasteiger partial charge in [-0.05, 0) is 18.2 Å². The minimum Gasteiger partial charge on any atom is -0.340 e. The van der Waals surface area contributed by atoms with E-state index in [4.69, 9.17) is 0 Å². The zero-order valence-electron chi connectivity index (χ0n) is 15.1. The Balaban J connectivity index is 1.67. The van der Waals surface area contributed by atoms with Gasteiger partial charge in [-0.1, -0.05) is 6.07 Å². The summed E-state index contributed by atoms with van der Waals surface area (Å²) < 4.78 is 63.1. The van der Waals surface area contributed by atoms with Gasteiger partial charge in [-0.3, -0.25) is 9.59 Å². The van der Waals surface area contributed by atoms with Gasteiger partial charge in [0.1, 0.15) is 0 Å². The number of rotatable bonds is 3. The SMILES string of the molecule is CS(=O)(=O)N1CCN(C(=O)[C@H]2CC(=O)N(c3cccc(C(F)(F)F)c3)C2)CC1. The van der Waals surface area contributed by atoms with Gasteiger partial charge in [-0.15, -0.1) is 0 Å². The number of sulfonamides is 1. The molecule has 154 valence electrons. The molecule has 0 radical (unpaired) electrons. The van der Waals surface area contributed by atoms with Crippen LogP contribution in [-0.2, 0) is 25.8 Å². The molecule has 2 fully saturated rings. The van der Waals surface area contributed by atoms with E-state index in [-0.39, 0.29) is 50.7 Å². The summed E-state index contributed by atoms with van der Waals surface area (Å²) in [5.41, 5.74) is -0.749. The van der Waals surface area contributed by atoms with Crippen molar-refractivity contribution in [2.24, 2.45) is 5.92 Å². The average Bonchev–Trinajstić information content (AvgIpc) is 3.01. The third kappa shape index (κ3) is 4.30. The Labute approximate surface area is 160 Å². The molecule has 1 atom stereocenters. The summed E-state index contributed by atoms with van der Waals surface area (Å²) in [5.74, 6) is -1.35. The molecule has 2 amide bonds. The number of alkyl halides is 3. The van der Waals surface area contributed by atoms with Crippen molar-refractivity contribution < 1.29 is 31.2 Å². The fourth-order valence-electron chi connectivity index (χ4n) is 3.47. The molecule has 28 heavy (non-hydrogen) atoms. The smallest absolute Gasteiger partial charge is 0.340 e. The molecule has 0 bridgehead atoms. The Morgan fingerprint density at radius 1 is 1.14 bits per heavy atom. The fraction of sp³-hybridized carbons (Fsp3) is 0.529. The van der Waals surface area contributed by atoms with Gasteiger partial charge in [-0.2, -0.15) is 17.5 Å². The van der Waals surface area contributed by atoms with Crippen LogP contribution in [0.25, 0.3) is 0 Å². The summed E-state index contributed by atoms with van der Waals surface area (Å²) >= 11 is 0. The van der Waals surface area contributed by atoms with E-state index < -0.39 is 33.6 Å². The van der Waals surface area contributed by atoms with Crippen molar-refractivity contribution >= 4 is 27.5 Å². The largest absolute Gasteiger partial charge is 0.416 e. The van der Waals surface area contributed by atoms with Crippen LogP contribution in [-0.4, -0.2) is 68.4 Å². The molecule has 0 unspecified atom stereocenters. The van der Waals surface area contributed by atoms with Crippen LogP contribution in [0.1, 0.15) is 12.0 Å². The maximum Gasteiger partial charge on any atom is 0.416 e. The highest BCUT2D eigenvalue weighted by Gasteiger charge is 2.39. The molecule has 11 heteroatoms. The van der Waals surface area contributed by atoms with Crippen LogP contribution < -0.4 is 4.90 Å². The van der Waals surface area contributed by atoms with Gasteiger partial charge in [0.2, 0.25) is 21.8 Å². The van der Waals surface area contributed by atoms with Crippen LogP contribution in [0.2, 0.25) is 0 Å². The topological polar surface area (TPSA) is 78.0 Å². The molecular weight excluding hydrogens is 399 g/mol. The number of hydrogen-bond acceptors (Lipinski definition) is 4. The van der Waals surface area contributed by atoms with Crippen LogP contribution in [0, 0.1) is 5.92 Å². The lowest BCUT2D eigenvalue weighted by atomic mass is 10.1. The Hall–Kier alpha value is -2.14.